The van der Waals surface area contributed by atoms with Gasteiger partial charge in [-0.1, -0.05) is 89.7 Å². The van der Waals surface area contributed by atoms with Gasteiger partial charge in [-0.3, -0.25) is 4.79 Å². The van der Waals surface area contributed by atoms with Gasteiger partial charge in [-0.15, -0.1) is 28.7 Å². The number of thioether (sulfide) groups is 1. The van der Waals surface area contributed by atoms with Crippen LogP contribution < -0.4 is 10.1 Å². The Labute approximate surface area is 245 Å². The molecule has 3 rings (SSSR count). The number of benzene rings is 2. The number of nitrogens with one attached hydrogen (secondary N) is 1. The highest BCUT2D eigenvalue weighted by Crippen LogP contribution is 2.26. The van der Waals surface area contributed by atoms with Gasteiger partial charge < -0.3 is 15.0 Å². The third-order valence-electron chi connectivity index (χ3n) is 6.78. The summed E-state index contributed by atoms with van der Waals surface area (Å²) in [5.74, 6) is 1.71. The minimum Gasteiger partial charge on any atom is -0.494 e. The summed E-state index contributed by atoms with van der Waals surface area (Å²) in [7, 11) is 0. The minimum absolute atomic E-state index is 0. The summed E-state index contributed by atoms with van der Waals surface area (Å²) >= 11 is 1.86. The van der Waals surface area contributed by atoms with E-state index in [4.69, 9.17) is 4.74 Å². The molecule has 6 heteroatoms. The van der Waals surface area contributed by atoms with Crippen LogP contribution in [-0.4, -0.2) is 23.3 Å². The lowest BCUT2D eigenvalue weighted by Crippen LogP contribution is -2.14. The maximum absolute atomic E-state index is 12.7. The Kier molecular flexibility index (Phi) is 16.3. The first kappa shape index (κ1) is 32.3. The van der Waals surface area contributed by atoms with Crippen LogP contribution in [0.25, 0.3) is 0 Å². The highest BCUT2D eigenvalue weighted by Gasteiger charge is 2.11. The lowest BCUT2D eigenvalue weighted by atomic mass is 10.1. The zero-order valence-corrected chi connectivity index (χ0v) is 25.9. The molecular weight excluding hydrogens is 556 g/mol. The van der Waals surface area contributed by atoms with Crippen molar-refractivity contribution in [1.29, 1.82) is 0 Å². The van der Waals surface area contributed by atoms with Gasteiger partial charge in [-0.05, 0) is 60.2 Å². The summed E-state index contributed by atoms with van der Waals surface area (Å²) in [6, 6.07) is 15.6. The maximum atomic E-state index is 12.7. The molecule has 0 aliphatic carbocycles. The second-order valence-corrected chi connectivity index (χ2v) is 11.4. The van der Waals surface area contributed by atoms with Crippen LogP contribution in [0.5, 0.6) is 5.75 Å². The van der Waals surface area contributed by atoms with Gasteiger partial charge in [0.25, 0.3) is 5.91 Å². The van der Waals surface area contributed by atoms with Crippen molar-refractivity contribution in [2.45, 2.75) is 97.4 Å². The number of carbonyl (C=O) groups excluding carboxylic acids is 1. The first-order valence-corrected chi connectivity index (χ1v) is 15.3. The molecule has 1 aliphatic heterocycles. The molecule has 0 aromatic heterocycles. The fourth-order valence-electron chi connectivity index (χ4n) is 4.63. The van der Waals surface area contributed by atoms with Crippen LogP contribution in [-0.2, 0) is 6.54 Å². The molecule has 1 heterocycles. The SMILES string of the molecule is Br.CCCCCCCCCCCCCCOc1ccc(C(=O)Nc2cccc(CN3C=C(C)SC3)c2)cc1. The van der Waals surface area contributed by atoms with Crippen molar-refractivity contribution in [3.8, 4) is 5.75 Å². The van der Waals surface area contributed by atoms with E-state index in [1.807, 2.05) is 48.2 Å². The molecule has 4 nitrogen and oxygen atoms in total. The Morgan fingerprint density at radius 1 is 0.895 bits per heavy atom. The third-order valence-corrected chi connectivity index (χ3v) is 7.80. The summed E-state index contributed by atoms with van der Waals surface area (Å²) in [5.41, 5.74) is 2.64. The second-order valence-electron chi connectivity index (χ2n) is 10.2. The molecule has 0 bridgehead atoms. The molecule has 0 fully saturated rings. The molecule has 0 atom stereocenters. The molecule has 2 aromatic rings. The number of hydrogen-bond donors (Lipinski definition) is 1. The zero-order valence-electron chi connectivity index (χ0n) is 23.4. The van der Waals surface area contributed by atoms with Crippen LogP contribution in [0.4, 0.5) is 5.69 Å². The van der Waals surface area contributed by atoms with E-state index >= 15 is 0 Å². The number of amides is 1. The van der Waals surface area contributed by atoms with E-state index in [0.29, 0.717) is 5.56 Å². The highest BCUT2D eigenvalue weighted by atomic mass is 79.9. The van der Waals surface area contributed by atoms with Crippen LogP contribution in [0.15, 0.2) is 59.6 Å². The summed E-state index contributed by atoms with van der Waals surface area (Å²) in [5, 5.41) is 3.03. The van der Waals surface area contributed by atoms with E-state index in [1.54, 1.807) is 0 Å². The van der Waals surface area contributed by atoms with Crippen molar-refractivity contribution in [3.63, 3.8) is 0 Å². The van der Waals surface area contributed by atoms with E-state index in [9.17, 15) is 4.79 Å². The average Bonchev–Trinajstić information content (AvgIpc) is 3.31. The molecule has 0 saturated heterocycles. The summed E-state index contributed by atoms with van der Waals surface area (Å²) in [6.45, 7) is 5.99. The van der Waals surface area contributed by atoms with Gasteiger partial charge in [0.1, 0.15) is 5.75 Å². The lowest BCUT2D eigenvalue weighted by Gasteiger charge is -2.15. The second kappa shape index (κ2) is 19.2. The number of ether oxygens (including phenoxy) is 1. The summed E-state index contributed by atoms with van der Waals surface area (Å²) in [6.07, 6.45) is 18.3. The first-order chi connectivity index (χ1) is 18.1. The number of nitrogens with zero attached hydrogens (tertiary/aromatic N) is 1. The third kappa shape index (κ3) is 12.8. The largest absolute Gasteiger partial charge is 0.494 e. The van der Waals surface area contributed by atoms with Gasteiger partial charge in [0.15, 0.2) is 0 Å². The molecule has 1 N–H and O–H groups in total. The zero-order chi connectivity index (χ0) is 26.1. The fourth-order valence-corrected chi connectivity index (χ4v) is 5.39. The van der Waals surface area contributed by atoms with Crippen molar-refractivity contribution >= 4 is 40.3 Å². The number of halogens is 1. The summed E-state index contributed by atoms with van der Waals surface area (Å²) < 4.78 is 5.89. The quantitative estimate of drug-likeness (QED) is 0.172. The van der Waals surface area contributed by atoms with E-state index in [2.05, 4.69) is 42.4 Å². The molecule has 0 saturated carbocycles. The van der Waals surface area contributed by atoms with Gasteiger partial charge >= 0.3 is 0 Å². The number of anilines is 1. The van der Waals surface area contributed by atoms with Crippen molar-refractivity contribution in [1.82, 2.24) is 4.90 Å². The van der Waals surface area contributed by atoms with Crippen LogP contribution >= 0.6 is 28.7 Å². The van der Waals surface area contributed by atoms with Gasteiger partial charge in [-0.25, -0.2) is 0 Å². The molecule has 0 unspecified atom stereocenters. The smallest absolute Gasteiger partial charge is 0.255 e. The molecule has 210 valence electrons. The molecule has 1 amide bonds. The molecule has 38 heavy (non-hydrogen) atoms. The maximum Gasteiger partial charge on any atom is 0.255 e. The van der Waals surface area contributed by atoms with Gasteiger partial charge in [0, 0.05) is 24.0 Å². The van der Waals surface area contributed by atoms with E-state index < -0.39 is 0 Å². The van der Waals surface area contributed by atoms with Crippen LogP contribution in [0.2, 0.25) is 0 Å². The molecule has 1 aliphatic rings. The van der Waals surface area contributed by atoms with Crippen LogP contribution in [0, 0.1) is 0 Å². The van der Waals surface area contributed by atoms with Gasteiger partial charge in [0.2, 0.25) is 0 Å². The number of rotatable bonds is 18. The van der Waals surface area contributed by atoms with E-state index in [1.165, 1.54) is 81.1 Å². The van der Waals surface area contributed by atoms with Crippen molar-refractivity contribution in [2.75, 3.05) is 17.8 Å². The Balaban J connectivity index is 0.00000507. The van der Waals surface area contributed by atoms with E-state index in [-0.39, 0.29) is 22.9 Å². The van der Waals surface area contributed by atoms with Gasteiger partial charge in [0.05, 0.1) is 12.5 Å². The number of carbonyl (C=O) groups is 1. The molecule has 2 aromatic carbocycles. The fraction of sp³-hybridized carbons (Fsp3) is 0.531. The Hall–Kier alpha value is -1.92. The first-order valence-electron chi connectivity index (χ1n) is 14.3. The molecule has 0 spiro atoms. The van der Waals surface area contributed by atoms with Crippen LogP contribution in [0.1, 0.15) is 107 Å². The summed E-state index contributed by atoms with van der Waals surface area (Å²) in [4.78, 5) is 16.4. The molecular formula is C32H47BrN2O2S. The monoisotopic (exact) mass is 602 g/mol. The van der Waals surface area contributed by atoms with Gasteiger partial charge in [-0.2, -0.15) is 0 Å². The number of allylic oxidation sites excluding steroid dienone is 1. The standard InChI is InChI=1S/C32H46N2O2S.BrH/c1-3-4-5-6-7-8-9-10-11-12-13-14-22-36-31-20-18-29(19-21-31)32(35)33-30-17-15-16-28(23-30)25-34-24-27(2)37-26-34;/h15-21,23-24H,3-14,22,25-26H2,1-2H3,(H,33,35);1H. The Morgan fingerprint density at radius 2 is 1.53 bits per heavy atom. The topological polar surface area (TPSA) is 41.6 Å². The minimum atomic E-state index is -0.0999. The number of unbranched alkanes of at least 4 members (excludes halogenated alkanes) is 11. The Bertz CT molecular complexity index is 964. The van der Waals surface area contributed by atoms with Crippen molar-refractivity contribution < 1.29 is 9.53 Å². The van der Waals surface area contributed by atoms with E-state index in [0.717, 1.165) is 36.9 Å². The molecule has 0 radical (unpaired) electrons. The Morgan fingerprint density at radius 3 is 2.13 bits per heavy atom. The van der Waals surface area contributed by atoms with Crippen LogP contribution in [0.3, 0.4) is 0 Å². The predicted octanol–water partition coefficient (Wildman–Crippen LogP) is 9.96. The lowest BCUT2D eigenvalue weighted by molar-refractivity contribution is 0.102. The van der Waals surface area contributed by atoms with Crippen molar-refractivity contribution in [3.05, 3.63) is 70.8 Å². The average molecular weight is 604 g/mol. The normalized spacial score (nSPS) is 12.7. The predicted molar refractivity (Wildman–Crippen MR) is 169 cm³/mol. The highest BCUT2D eigenvalue weighted by molar-refractivity contribution is 8.93. The van der Waals surface area contributed by atoms with Crippen molar-refractivity contribution in [2.24, 2.45) is 0 Å². The number of hydrogen-bond acceptors (Lipinski definition) is 4.